The zero-order valence-electron chi connectivity index (χ0n) is 19.8. The smallest absolute Gasteiger partial charge is 0.301 e. The highest BCUT2D eigenvalue weighted by molar-refractivity contribution is 7.22. The highest BCUT2D eigenvalue weighted by atomic mass is 32.1. The molecule has 8 heteroatoms. The van der Waals surface area contributed by atoms with Crippen molar-refractivity contribution >= 4 is 44.1 Å². The maximum Gasteiger partial charge on any atom is 0.301 e. The SMILES string of the molecule is CC(C)(C)c1ccc([C@H]2C(=C(O)c3ccc(F)cc3)C(=O)C(=O)N2c2nc3ccc(F)cc3s2)cc1. The number of halogens is 2. The van der Waals surface area contributed by atoms with Gasteiger partial charge in [0, 0.05) is 5.56 Å². The number of amides is 1. The minimum atomic E-state index is -0.977. The Kier molecular flexibility index (Phi) is 5.71. The molecule has 0 spiro atoms. The minimum Gasteiger partial charge on any atom is -0.507 e. The molecule has 1 fully saturated rings. The molecule has 0 unspecified atom stereocenters. The molecule has 3 aromatic carbocycles. The van der Waals surface area contributed by atoms with Crippen LogP contribution in [0, 0.1) is 11.6 Å². The zero-order chi connectivity index (χ0) is 25.8. The first kappa shape index (κ1) is 23.8. The van der Waals surface area contributed by atoms with Crippen molar-refractivity contribution in [3.8, 4) is 0 Å². The number of ketones is 1. The van der Waals surface area contributed by atoms with Gasteiger partial charge in [0.1, 0.15) is 17.4 Å². The summed E-state index contributed by atoms with van der Waals surface area (Å²) in [5.74, 6) is -3.09. The number of thiazole rings is 1. The summed E-state index contributed by atoms with van der Waals surface area (Å²) in [5, 5.41) is 11.4. The highest BCUT2D eigenvalue weighted by Gasteiger charge is 2.48. The van der Waals surface area contributed by atoms with Crippen LogP contribution in [-0.4, -0.2) is 21.8 Å². The standard InChI is InChI=1S/C28H22F2N2O3S/c1-28(2,3)17-8-4-15(5-9-17)23-22(24(33)16-6-10-18(29)11-7-16)25(34)26(35)32(23)27-31-20-13-12-19(30)14-21(20)36-27/h4-14,23,33H,1-3H3/t23-/m0/s1. The van der Waals surface area contributed by atoms with Crippen molar-refractivity contribution in [1.82, 2.24) is 4.98 Å². The summed E-state index contributed by atoms with van der Waals surface area (Å²) in [6, 6.07) is 15.6. The third-order valence-electron chi connectivity index (χ3n) is 6.20. The molecular weight excluding hydrogens is 482 g/mol. The lowest BCUT2D eigenvalue weighted by molar-refractivity contribution is -0.132. The topological polar surface area (TPSA) is 70.5 Å². The maximum atomic E-state index is 13.8. The number of carbonyl (C=O) groups excluding carboxylic acids is 2. The Morgan fingerprint density at radius 1 is 0.944 bits per heavy atom. The number of Topliss-reactive ketones (excluding diaryl/α,β-unsaturated/α-hetero) is 1. The average Bonchev–Trinajstić information content (AvgIpc) is 3.36. The van der Waals surface area contributed by atoms with E-state index in [0.29, 0.717) is 15.8 Å². The molecule has 0 aliphatic carbocycles. The van der Waals surface area contributed by atoms with Gasteiger partial charge in [0.05, 0.1) is 21.8 Å². The van der Waals surface area contributed by atoms with Gasteiger partial charge in [-0.15, -0.1) is 0 Å². The summed E-state index contributed by atoms with van der Waals surface area (Å²) in [4.78, 5) is 32.3. The minimum absolute atomic E-state index is 0.119. The molecule has 5 rings (SSSR count). The number of carbonyl (C=O) groups is 2. The lowest BCUT2D eigenvalue weighted by atomic mass is 9.85. The number of benzene rings is 3. The molecule has 0 bridgehead atoms. The molecule has 1 amide bonds. The molecule has 4 aromatic rings. The van der Waals surface area contributed by atoms with Gasteiger partial charge in [-0.2, -0.15) is 0 Å². The van der Waals surface area contributed by atoms with Gasteiger partial charge in [0.25, 0.3) is 5.78 Å². The van der Waals surface area contributed by atoms with Crippen LogP contribution in [0.25, 0.3) is 16.0 Å². The first-order valence-electron chi connectivity index (χ1n) is 11.3. The number of hydrogen-bond donors (Lipinski definition) is 1. The largest absolute Gasteiger partial charge is 0.507 e. The molecule has 0 radical (unpaired) electrons. The van der Waals surface area contributed by atoms with Crippen molar-refractivity contribution in [2.75, 3.05) is 4.90 Å². The van der Waals surface area contributed by atoms with Crippen molar-refractivity contribution in [1.29, 1.82) is 0 Å². The summed E-state index contributed by atoms with van der Waals surface area (Å²) in [6.45, 7) is 6.22. The second-order valence-corrected chi connectivity index (χ2v) is 10.7. The quantitative estimate of drug-likeness (QED) is 0.196. The lowest BCUT2D eigenvalue weighted by Gasteiger charge is -2.24. The van der Waals surface area contributed by atoms with E-state index in [9.17, 15) is 23.5 Å². The van der Waals surface area contributed by atoms with Crippen molar-refractivity contribution in [3.63, 3.8) is 0 Å². The van der Waals surface area contributed by atoms with Crippen LogP contribution < -0.4 is 4.90 Å². The number of aliphatic hydroxyl groups excluding tert-OH is 1. The second kappa shape index (κ2) is 8.64. The molecule has 5 nitrogen and oxygen atoms in total. The number of aliphatic hydroxyl groups is 1. The van der Waals surface area contributed by atoms with Gasteiger partial charge >= 0.3 is 5.91 Å². The Hall–Kier alpha value is -3.91. The van der Waals surface area contributed by atoms with E-state index < -0.39 is 35.1 Å². The van der Waals surface area contributed by atoms with Gasteiger partial charge in [-0.1, -0.05) is 56.4 Å². The van der Waals surface area contributed by atoms with E-state index in [2.05, 4.69) is 25.8 Å². The number of nitrogens with zero attached hydrogens (tertiary/aromatic N) is 2. The number of aromatic nitrogens is 1. The fraction of sp³-hybridized carbons (Fsp3) is 0.179. The van der Waals surface area contributed by atoms with E-state index >= 15 is 0 Å². The second-order valence-electron chi connectivity index (χ2n) is 9.66. The molecule has 1 N–H and O–H groups in total. The molecule has 1 saturated heterocycles. The van der Waals surface area contributed by atoms with Gasteiger partial charge < -0.3 is 5.11 Å². The number of anilines is 1. The Morgan fingerprint density at radius 3 is 2.22 bits per heavy atom. The van der Waals surface area contributed by atoms with Crippen LogP contribution in [0.3, 0.4) is 0 Å². The Morgan fingerprint density at radius 2 is 1.58 bits per heavy atom. The first-order valence-corrected chi connectivity index (χ1v) is 12.1. The number of rotatable bonds is 3. The van der Waals surface area contributed by atoms with E-state index in [0.717, 1.165) is 16.9 Å². The van der Waals surface area contributed by atoms with E-state index in [4.69, 9.17) is 0 Å². The third kappa shape index (κ3) is 4.07. The number of fused-ring (bicyclic) bond motifs is 1. The molecule has 182 valence electrons. The van der Waals surface area contributed by atoms with E-state index in [-0.39, 0.29) is 21.7 Å². The lowest BCUT2D eigenvalue weighted by Crippen LogP contribution is -2.29. The molecular formula is C28H22F2N2O3S. The Balaban J connectivity index is 1.71. The van der Waals surface area contributed by atoms with E-state index in [1.165, 1.54) is 47.4 Å². The summed E-state index contributed by atoms with van der Waals surface area (Å²) < 4.78 is 27.8. The maximum absolute atomic E-state index is 13.8. The molecule has 1 aromatic heterocycles. The summed E-state index contributed by atoms with van der Waals surface area (Å²) in [6.07, 6.45) is 0. The van der Waals surface area contributed by atoms with E-state index in [1.807, 2.05) is 24.3 Å². The summed E-state index contributed by atoms with van der Waals surface area (Å²) in [7, 11) is 0. The first-order chi connectivity index (χ1) is 17.0. The average molecular weight is 505 g/mol. The number of hydrogen-bond acceptors (Lipinski definition) is 5. The van der Waals surface area contributed by atoms with E-state index in [1.54, 1.807) is 0 Å². The van der Waals surface area contributed by atoms with Crippen LogP contribution in [0.4, 0.5) is 13.9 Å². The van der Waals surface area contributed by atoms with Crippen LogP contribution in [-0.2, 0) is 15.0 Å². The molecule has 0 saturated carbocycles. The van der Waals surface area contributed by atoms with Gasteiger partial charge in [0.2, 0.25) is 0 Å². The van der Waals surface area contributed by atoms with Gasteiger partial charge in [0.15, 0.2) is 5.13 Å². The van der Waals surface area contributed by atoms with Crippen molar-refractivity contribution in [3.05, 3.63) is 101 Å². The van der Waals surface area contributed by atoms with Crippen LogP contribution in [0.2, 0.25) is 0 Å². The van der Waals surface area contributed by atoms with Crippen molar-refractivity contribution in [2.24, 2.45) is 0 Å². The predicted molar refractivity (Wildman–Crippen MR) is 136 cm³/mol. The van der Waals surface area contributed by atoms with Crippen molar-refractivity contribution < 1.29 is 23.5 Å². The Bertz CT molecular complexity index is 1530. The monoisotopic (exact) mass is 504 g/mol. The van der Waals surface area contributed by atoms with Crippen molar-refractivity contribution in [2.45, 2.75) is 32.2 Å². The fourth-order valence-electron chi connectivity index (χ4n) is 4.26. The molecule has 1 aliphatic rings. The van der Waals surface area contributed by atoms with Gasteiger partial charge in [-0.25, -0.2) is 13.8 Å². The zero-order valence-corrected chi connectivity index (χ0v) is 20.6. The van der Waals surface area contributed by atoms with Crippen LogP contribution in [0.5, 0.6) is 0 Å². The Labute approximate surface area is 210 Å². The predicted octanol–water partition coefficient (Wildman–Crippen LogP) is 6.50. The van der Waals surface area contributed by atoms with Crippen LogP contribution in [0.1, 0.15) is 43.5 Å². The highest BCUT2D eigenvalue weighted by Crippen LogP contribution is 2.44. The van der Waals surface area contributed by atoms with Crippen LogP contribution >= 0.6 is 11.3 Å². The fourth-order valence-corrected chi connectivity index (χ4v) is 5.28. The normalized spacial score (nSPS) is 17.8. The molecule has 36 heavy (non-hydrogen) atoms. The summed E-state index contributed by atoms with van der Waals surface area (Å²) in [5.41, 5.74) is 2.09. The molecule has 2 heterocycles. The van der Waals surface area contributed by atoms with Crippen LogP contribution in [0.15, 0.2) is 72.3 Å². The third-order valence-corrected chi connectivity index (χ3v) is 7.22. The molecule has 1 aliphatic heterocycles. The molecule has 1 atom stereocenters. The van der Waals surface area contributed by atoms with Gasteiger partial charge in [-0.3, -0.25) is 14.5 Å². The van der Waals surface area contributed by atoms with Gasteiger partial charge in [-0.05, 0) is 59.0 Å². The summed E-state index contributed by atoms with van der Waals surface area (Å²) >= 11 is 1.08.